The molecule has 0 aliphatic rings. The summed E-state index contributed by atoms with van der Waals surface area (Å²) in [6, 6.07) is 13.1. The highest BCUT2D eigenvalue weighted by molar-refractivity contribution is 6.32. The molecule has 0 heterocycles. The van der Waals surface area contributed by atoms with E-state index in [9.17, 15) is 5.11 Å². The lowest BCUT2D eigenvalue weighted by Gasteiger charge is -2.11. The molecule has 0 fully saturated rings. The summed E-state index contributed by atoms with van der Waals surface area (Å²) in [5.74, 6) is 1.35. The highest BCUT2D eigenvalue weighted by Gasteiger charge is 2.06. The fourth-order valence-electron chi connectivity index (χ4n) is 1.81. The van der Waals surface area contributed by atoms with Crippen LogP contribution in [0.25, 0.3) is 0 Å². The molecule has 2 rings (SSSR count). The number of aliphatic hydroxyl groups excluding tert-OH is 1. The maximum atomic E-state index is 9.73. The Labute approximate surface area is 118 Å². The normalized spacial score (nSPS) is 12.2. The van der Waals surface area contributed by atoms with E-state index in [2.05, 4.69) is 0 Å². The molecule has 100 valence electrons. The molecular weight excluding hydrogens is 260 g/mol. The van der Waals surface area contributed by atoms with Crippen LogP contribution in [0.1, 0.15) is 30.6 Å². The molecule has 3 heteroatoms. The van der Waals surface area contributed by atoms with Crippen LogP contribution in [0.15, 0.2) is 42.5 Å². The van der Waals surface area contributed by atoms with Crippen LogP contribution in [-0.2, 0) is 0 Å². The first-order chi connectivity index (χ1) is 9.10. The monoisotopic (exact) mass is 276 g/mol. The van der Waals surface area contributed by atoms with Crippen molar-refractivity contribution in [2.24, 2.45) is 0 Å². The third-order valence-corrected chi connectivity index (χ3v) is 3.28. The van der Waals surface area contributed by atoms with Gasteiger partial charge in [0.2, 0.25) is 0 Å². The minimum Gasteiger partial charge on any atom is -0.456 e. The second-order valence-corrected chi connectivity index (χ2v) is 4.94. The van der Waals surface area contributed by atoms with Crippen LogP contribution >= 0.6 is 11.6 Å². The number of benzene rings is 2. The van der Waals surface area contributed by atoms with E-state index < -0.39 is 6.10 Å². The Bertz CT molecular complexity index is 549. The first kappa shape index (κ1) is 13.9. The van der Waals surface area contributed by atoms with Gasteiger partial charge in [0.1, 0.15) is 11.5 Å². The van der Waals surface area contributed by atoms with Crippen molar-refractivity contribution in [2.45, 2.75) is 26.4 Å². The number of hydrogen-bond acceptors (Lipinski definition) is 2. The minimum atomic E-state index is -0.420. The minimum absolute atomic E-state index is 0.420. The second kappa shape index (κ2) is 6.09. The average molecular weight is 277 g/mol. The Morgan fingerprint density at radius 1 is 1.16 bits per heavy atom. The van der Waals surface area contributed by atoms with Crippen molar-refractivity contribution < 1.29 is 9.84 Å². The largest absolute Gasteiger partial charge is 0.456 e. The van der Waals surface area contributed by atoms with Gasteiger partial charge in [-0.1, -0.05) is 36.7 Å². The van der Waals surface area contributed by atoms with Crippen molar-refractivity contribution in [2.75, 3.05) is 0 Å². The fourth-order valence-corrected chi connectivity index (χ4v) is 1.97. The van der Waals surface area contributed by atoms with Crippen LogP contribution < -0.4 is 4.74 Å². The van der Waals surface area contributed by atoms with Crippen molar-refractivity contribution in [3.05, 3.63) is 58.6 Å². The fraction of sp³-hybridized carbons (Fsp3) is 0.250. The molecular formula is C16H17ClO2. The van der Waals surface area contributed by atoms with Gasteiger partial charge < -0.3 is 9.84 Å². The van der Waals surface area contributed by atoms with Crippen LogP contribution in [0.4, 0.5) is 0 Å². The second-order valence-electron chi connectivity index (χ2n) is 4.53. The number of ether oxygens (including phenoxy) is 1. The quantitative estimate of drug-likeness (QED) is 0.862. The summed E-state index contributed by atoms with van der Waals surface area (Å²) in [6.45, 7) is 3.94. The molecule has 2 nitrogen and oxygen atoms in total. The van der Waals surface area contributed by atoms with Crippen molar-refractivity contribution in [3.8, 4) is 11.5 Å². The van der Waals surface area contributed by atoms with E-state index >= 15 is 0 Å². The molecule has 0 unspecified atom stereocenters. The Morgan fingerprint density at radius 3 is 2.47 bits per heavy atom. The topological polar surface area (TPSA) is 29.5 Å². The molecule has 0 bridgehead atoms. The molecule has 2 aromatic rings. The molecule has 2 aromatic carbocycles. The zero-order chi connectivity index (χ0) is 13.8. The first-order valence-corrected chi connectivity index (χ1v) is 6.70. The van der Waals surface area contributed by atoms with E-state index in [4.69, 9.17) is 16.3 Å². The summed E-state index contributed by atoms with van der Waals surface area (Å²) < 4.78 is 5.74. The lowest BCUT2D eigenvalue weighted by molar-refractivity contribution is 0.173. The molecule has 1 atom stereocenters. The molecule has 0 aliphatic carbocycles. The molecule has 19 heavy (non-hydrogen) atoms. The van der Waals surface area contributed by atoms with Gasteiger partial charge in [-0.05, 0) is 48.7 Å². The third-order valence-electron chi connectivity index (χ3n) is 2.97. The summed E-state index contributed by atoms with van der Waals surface area (Å²) in [4.78, 5) is 0. The maximum Gasteiger partial charge on any atom is 0.146 e. The average Bonchev–Trinajstić information content (AvgIpc) is 2.43. The van der Waals surface area contributed by atoms with Gasteiger partial charge in [0.15, 0.2) is 0 Å². The van der Waals surface area contributed by atoms with Gasteiger partial charge in [-0.25, -0.2) is 0 Å². The highest BCUT2D eigenvalue weighted by atomic mass is 35.5. The molecule has 0 aromatic heterocycles. The first-order valence-electron chi connectivity index (χ1n) is 6.32. The Balaban J connectivity index is 2.17. The molecule has 0 saturated heterocycles. The lowest BCUT2D eigenvalue weighted by Crippen LogP contribution is -1.94. The predicted octanol–water partition coefficient (Wildman–Crippen LogP) is 4.88. The zero-order valence-corrected chi connectivity index (χ0v) is 11.8. The van der Waals surface area contributed by atoms with Crippen LogP contribution in [-0.4, -0.2) is 5.11 Å². The summed E-state index contributed by atoms with van der Waals surface area (Å²) in [5, 5.41) is 10.3. The van der Waals surface area contributed by atoms with Crippen LogP contribution in [0.5, 0.6) is 11.5 Å². The maximum absolute atomic E-state index is 9.73. The number of rotatable bonds is 4. The van der Waals surface area contributed by atoms with Crippen molar-refractivity contribution in [1.82, 2.24) is 0 Å². The number of hydrogen-bond donors (Lipinski definition) is 1. The van der Waals surface area contributed by atoms with Crippen molar-refractivity contribution >= 4 is 11.6 Å². The smallest absolute Gasteiger partial charge is 0.146 e. The SMILES string of the molecule is CC[C@@H](O)c1ccc(Oc2cc(C)ccc2Cl)cc1. The van der Waals surface area contributed by atoms with E-state index in [1.807, 2.05) is 56.3 Å². The summed E-state index contributed by atoms with van der Waals surface area (Å²) >= 11 is 6.09. The Morgan fingerprint density at radius 2 is 1.84 bits per heavy atom. The summed E-state index contributed by atoms with van der Waals surface area (Å²) in [6.07, 6.45) is 0.279. The van der Waals surface area contributed by atoms with Crippen LogP contribution in [0.2, 0.25) is 5.02 Å². The van der Waals surface area contributed by atoms with E-state index in [-0.39, 0.29) is 0 Å². The van der Waals surface area contributed by atoms with Gasteiger partial charge in [-0.3, -0.25) is 0 Å². The highest BCUT2D eigenvalue weighted by Crippen LogP contribution is 2.30. The van der Waals surface area contributed by atoms with Crippen LogP contribution in [0.3, 0.4) is 0 Å². The van der Waals surface area contributed by atoms with Gasteiger partial charge in [-0.2, -0.15) is 0 Å². The van der Waals surface area contributed by atoms with Crippen LogP contribution in [0, 0.1) is 6.92 Å². The third kappa shape index (κ3) is 3.49. The number of aliphatic hydroxyl groups is 1. The Hall–Kier alpha value is -1.51. The molecule has 1 N–H and O–H groups in total. The number of halogens is 1. The molecule has 0 spiro atoms. The van der Waals surface area contributed by atoms with E-state index in [1.54, 1.807) is 0 Å². The van der Waals surface area contributed by atoms with E-state index in [0.717, 1.165) is 11.1 Å². The molecule has 0 saturated carbocycles. The van der Waals surface area contributed by atoms with Gasteiger partial charge in [0, 0.05) is 0 Å². The van der Waals surface area contributed by atoms with Crippen molar-refractivity contribution in [1.29, 1.82) is 0 Å². The van der Waals surface area contributed by atoms with Gasteiger partial charge in [0.05, 0.1) is 11.1 Å². The zero-order valence-electron chi connectivity index (χ0n) is 11.1. The molecule has 0 radical (unpaired) electrons. The molecule has 0 amide bonds. The molecule has 0 aliphatic heterocycles. The summed E-state index contributed by atoms with van der Waals surface area (Å²) in [5.41, 5.74) is 1.99. The van der Waals surface area contributed by atoms with Crippen molar-refractivity contribution in [3.63, 3.8) is 0 Å². The van der Waals surface area contributed by atoms with E-state index in [1.165, 1.54) is 0 Å². The van der Waals surface area contributed by atoms with E-state index in [0.29, 0.717) is 22.9 Å². The van der Waals surface area contributed by atoms with Gasteiger partial charge in [0.25, 0.3) is 0 Å². The Kier molecular flexibility index (Phi) is 4.46. The standard InChI is InChI=1S/C16H17ClO2/c1-3-15(18)12-5-7-13(8-6-12)19-16-10-11(2)4-9-14(16)17/h4-10,15,18H,3H2,1-2H3/t15-/m1/s1. The lowest BCUT2D eigenvalue weighted by atomic mass is 10.1. The summed E-state index contributed by atoms with van der Waals surface area (Å²) in [7, 11) is 0. The van der Waals surface area contributed by atoms with Gasteiger partial charge >= 0.3 is 0 Å². The number of aryl methyl sites for hydroxylation is 1. The van der Waals surface area contributed by atoms with Gasteiger partial charge in [-0.15, -0.1) is 0 Å². The predicted molar refractivity (Wildman–Crippen MR) is 78.0 cm³/mol.